The van der Waals surface area contributed by atoms with Crippen LogP contribution in [0.25, 0.3) is 75.1 Å². The molecule has 244 valence electrons. The molecule has 0 saturated heterocycles. The van der Waals surface area contributed by atoms with Gasteiger partial charge >= 0.3 is 0 Å². The highest BCUT2D eigenvalue weighted by Gasteiger charge is 2.21. The van der Waals surface area contributed by atoms with Crippen LogP contribution in [0.3, 0.4) is 0 Å². The summed E-state index contributed by atoms with van der Waals surface area (Å²) in [4.78, 5) is 2.44. The monoisotopic (exact) mass is 679 g/mol. The van der Waals surface area contributed by atoms with E-state index >= 15 is 0 Å². The van der Waals surface area contributed by atoms with Crippen LogP contribution in [0.5, 0.6) is 0 Å². The van der Waals surface area contributed by atoms with Crippen molar-refractivity contribution in [3.05, 3.63) is 200 Å². The molecule has 0 fully saturated rings. The van der Waals surface area contributed by atoms with Crippen molar-refractivity contribution < 1.29 is 0 Å². The summed E-state index contributed by atoms with van der Waals surface area (Å²) in [6.45, 7) is 0. The van der Waals surface area contributed by atoms with Gasteiger partial charge in [0.25, 0.3) is 0 Å². The van der Waals surface area contributed by atoms with Gasteiger partial charge in [-0.15, -0.1) is 11.3 Å². The summed E-state index contributed by atoms with van der Waals surface area (Å²) in [6.07, 6.45) is 0. The van der Waals surface area contributed by atoms with Gasteiger partial charge in [-0.25, -0.2) is 0 Å². The van der Waals surface area contributed by atoms with Crippen LogP contribution in [0.4, 0.5) is 17.1 Å². The number of anilines is 3. The maximum atomic E-state index is 2.44. The van der Waals surface area contributed by atoms with Gasteiger partial charge in [-0.05, 0) is 85.8 Å². The Hall–Kier alpha value is -6.48. The summed E-state index contributed by atoms with van der Waals surface area (Å²) in [5, 5.41) is 7.55. The zero-order chi connectivity index (χ0) is 34.4. The fourth-order valence-electron chi connectivity index (χ4n) is 7.85. The molecule has 0 unspecified atom stereocenters. The molecule has 0 amide bonds. The van der Waals surface area contributed by atoms with E-state index in [-0.39, 0.29) is 0 Å². The van der Waals surface area contributed by atoms with Gasteiger partial charge in [0.1, 0.15) is 0 Å². The van der Waals surface area contributed by atoms with Crippen LogP contribution < -0.4 is 4.90 Å². The standard InChI is InChI=1S/C50H33NS/c1-2-15-35(16-3-1)41-24-11-18-36-19-12-26-45(49(36)41)43-22-6-8-28-47(43)51(40-31-30-34-14-4-5-17-37(34)32-40)39-21-10-20-38(33-39)42-25-13-27-46-44-23-7-9-29-48(44)52-50(42)46/h1-33H. The van der Waals surface area contributed by atoms with Crippen LogP contribution in [0, 0.1) is 0 Å². The Kier molecular flexibility index (Phi) is 7.41. The average molecular weight is 680 g/mol. The minimum atomic E-state index is 1.11. The van der Waals surface area contributed by atoms with E-state index < -0.39 is 0 Å². The molecular formula is C50H33NS. The third-order valence-corrected chi connectivity index (χ3v) is 11.5. The highest BCUT2D eigenvalue weighted by Crippen LogP contribution is 2.46. The summed E-state index contributed by atoms with van der Waals surface area (Å²) in [7, 11) is 0. The number of para-hydroxylation sites is 1. The maximum Gasteiger partial charge on any atom is 0.0540 e. The van der Waals surface area contributed by atoms with Crippen LogP contribution in [0.1, 0.15) is 0 Å². The summed E-state index contributed by atoms with van der Waals surface area (Å²) >= 11 is 1.88. The van der Waals surface area contributed by atoms with E-state index in [1.165, 1.54) is 75.1 Å². The predicted molar refractivity (Wildman–Crippen MR) is 225 cm³/mol. The molecule has 0 aliphatic rings. The van der Waals surface area contributed by atoms with Gasteiger partial charge in [0.05, 0.1) is 5.69 Å². The largest absolute Gasteiger partial charge is 0.310 e. The van der Waals surface area contributed by atoms with Crippen LogP contribution in [-0.4, -0.2) is 0 Å². The lowest BCUT2D eigenvalue weighted by atomic mass is 9.90. The molecule has 1 aromatic heterocycles. The highest BCUT2D eigenvalue weighted by atomic mass is 32.1. The molecule has 0 aliphatic heterocycles. The number of hydrogen-bond donors (Lipinski definition) is 0. The first-order chi connectivity index (χ1) is 25.8. The minimum Gasteiger partial charge on any atom is -0.310 e. The van der Waals surface area contributed by atoms with Crippen molar-refractivity contribution in [1.82, 2.24) is 0 Å². The Morgan fingerprint density at radius 1 is 0.346 bits per heavy atom. The smallest absolute Gasteiger partial charge is 0.0540 e. The Bertz CT molecular complexity index is 2910. The third kappa shape index (κ3) is 5.16. The summed E-state index contributed by atoms with van der Waals surface area (Å²) < 4.78 is 2.64. The van der Waals surface area contributed by atoms with Crippen molar-refractivity contribution in [3.8, 4) is 33.4 Å². The van der Waals surface area contributed by atoms with Gasteiger partial charge in [0, 0.05) is 37.1 Å². The molecule has 0 spiro atoms. The molecule has 0 aliphatic carbocycles. The molecule has 52 heavy (non-hydrogen) atoms. The predicted octanol–water partition coefficient (Wildman–Crippen LogP) is 14.8. The van der Waals surface area contributed by atoms with Crippen LogP contribution in [-0.2, 0) is 0 Å². The van der Waals surface area contributed by atoms with Crippen molar-refractivity contribution in [2.45, 2.75) is 0 Å². The van der Waals surface area contributed by atoms with Crippen molar-refractivity contribution in [1.29, 1.82) is 0 Å². The van der Waals surface area contributed by atoms with Crippen molar-refractivity contribution in [2.24, 2.45) is 0 Å². The fraction of sp³-hybridized carbons (Fsp3) is 0. The average Bonchev–Trinajstić information content (AvgIpc) is 3.60. The lowest BCUT2D eigenvalue weighted by Crippen LogP contribution is -2.11. The maximum absolute atomic E-state index is 2.44. The first kappa shape index (κ1) is 30.4. The highest BCUT2D eigenvalue weighted by molar-refractivity contribution is 7.26. The number of benzene rings is 9. The van der Waals surface area contributed by atoms with Gasteiger partial charge in [0.2, 0.25) is 0 Å². The molecule has 1 nitrogen and oxygen atoms in total. The lowest BCUT2D eigenvalue weighted by molar-refractivity contribution is 1.29. The molecule has 0 atom stereocenters. The normalized spacial score (nSPS) is 11.5. The number of rotatable bonds is 6. The molecular weight excluding hydrogens is 647 g/mol. The van der Waals surface area contributed by atoms with E-state index in [9.17, 15) is 0 Å². The molecule has 2 heteroatoms. The van der Waals surface area contributed by atoms with Crippen LogP contribution >= 0.6 is 11.3 Å². The van der Waals surface area contributed by atoms with E-state index in [1.807, 2.05) is 11.3 Å². The molecule has 0 N–H and O–H groups in total. The quantitative estimate of drug-likeness (QED) is 0.169. The first-order valence-corrected chi connectivity index (χ1v) is 18.6. The Labute approximate surface area is 307 Å². The minimum absolute atomic E-state index is 1.11. The summed E-state index contributed by atoms with van der Waals surface area (Å²) in [6, 6.07) is 73.0. The van der Waals surface area contributed by atoms with Gasteiger partial charge in [-0.1, -0.05) is 164 Å². The molecule has 0 radical (unpaired) electrons. The number of fused-ring (bicyclic) bond motifs is 5. The van der Waals surface area contributed by atoms with E-state index in [2.05, 4.69) is 205 Å². The van der Waals surface area contributed by atoms with E-state index in [4.69, 9.17) is 0 Å². The first-order valence-electron chi connectivity index (χ1n) is 17.8. The molecule has 0 bridgehead atoms. The van der Waals surface area contributed by atoms with E-state index in [0.29, 0.717) is 0 Å². The number of nitrogens with zero attached hydrogens (tertiary/aromatic N) is 1. The SMILES string of the molecule is c1ccc(-c2cccc3cccc(-c4ccccc4N(c4cccc(-c5cccc6c5sc5ccccc56)c4)c4ccc5ccccc5c4)c23)cc1. The lowest BCUT2D eigenvalue weighted by Gasteiger charge is -2.29. The number of hydrogen-bond acceptors (Lipinski definition) is 2. The van der Waals surface area contributed by atoms with Crippen molar-refractivity contribution in [3.63, 3.8) is 0 Å². The molecule has 10 rings (SSSR count). The third-order valence-electron chi connectivity index (χ3n) is 10.2. The summed E-state index contributed by atoms with van der Waals surface area (Å²) in [5.74, 6) is 0. The zero-order valence-corrected chi connectivity index (χ0v) is 29.2. The van der Waals surface area contributed by atoms with Crippen molar-refractivity contribution in [2.75, 3.05) is 4.90 Å². The van der Waals surface area contributed by atoms with Gasteiger partial charge in [0.15, 0.2) is 0 Å². The van der Waals surface area contributed by atoms with E-state index in [0.717, 1.165) is 17.1 Å². The topological polar surface area (TPSA) is 3.24 Å². The molecule has 9 aromatic carbocycles. The molecule has 10 aromatic rings. The van der Waals surface area contributed by atoms with Gasteiger partial charge < -0.3 is 4.90 Å². The molecule has 1 heterocycles. The van der Waals surface area contributed by atoms with Gasteiger partial charge in [-0.2, -0.15) is 0 Å². The van der Waals surface area contributed by atoms with Crippen LogP contribution in [0.15, 0.2) is 200 Å². The zero-order valence-electron chi connectivity index (χ0n) is 28.4. The Balaban J connectivity index is 1.21. The second kappa shape index (κ2) is 12.7. The molecule has 0 saturated carbocycles. The second-order valence-electron chi connectivity index (χ2n) is 13.3. The Morgan fingerprint density at radius 2 is 0.962 bits per heavy atom. The van der Waals surface area contributed by atoms with Crippen molar-refractivity contribution >= 4 is 70.1 Å². The van der Waals surface area contributed by atoms with E-state index in [1.54, 1.807) is 0 Å². The fourth-order valence-corrected chi connectivity index (χ4v) is 9.09. The van der Waals surface area contributed by atoms with Gasteiger partial charge in [-0.3, -0.25) is 0 Å². The Morgan fingerprint density at radius 3 is 1.87 bits per heavy atom. The number of thiophene rings is 1. The van der Waals surface area contributed by atoms with Crippen LogP contribution in [0.2, 0.25) is 0 Å². The summed E-state index contributed by atoms with van der Waals surface area (Å²) in [5.41, 5.74) is 10.7. The second-order valence-corrected chi connectivity index (χ2v) is 14.3.